The molecule has 4 nitrogen and oxygen atoms in total. The first kappa shape index (κ1) is 11.2. The van der Waals surface area contributed by atoms with Crippen LogP contribution in [-0.2, 0) is 4.74 Å². The molecule has 0 spiro atoms. The summed E-state index contributed by atoms with van der Waals surface area (Å²) < 4.78 is 7.44. The number of hydrogen-bond donors (Lipinski definition) is 1. The summed E-state index contributed by atoms with van der Waals surface area (Å²) in [5.74, 6) is -0.872. The zero-order chi connectivity index (χ0) is 11.5. The molecule has 0 amide bonds. The highest BCUT2D eigenvalue weighted by molar-refractivity contribution is 5.87. The molecule has 4 heteroatoms. The van der Waals surface area contributed by atoms with Crippen LogP contribution in [0.15, 0.2) is 18.5 Å². The van der Waals surface area contributed by atoms with Crippen LogP contribution >= 0.6 is 0 Å². The molecular weight excluding hydrogens is 206 g/mol. The third-order valence-corrected chi connectivity index (χ3v) is 3.31. The van der Waals surface area contributed by atoms with Crippen molar-refractivity contribution < 1.29 is 14.6 Å². The van der Waals surface area contributed by atoms with Gasteiger partial charge in [0, 0.05) is 19.5 Å². The van der Waals surface area contributed by atoms with E-state index < -0.39 is 5.97 Å². The lowest BCUT2D eigenvalue weighted by atomic mass is 9.92. The van der Waals surface area contributed by atoms with Crippen LogP contribution in [0.1, 0.15) is 42.1 Å². The minimum absolute atomic E-state index is 0.211. The molecule has 1 aliphatic carbocycles. The van der Waals surface area contributed by atoms with Gasteiger partial charge in [-0.05, 0) is 18.9 Å². The van der Waals surface area contributed by atoms with Gasteiger partial charge in [0.05, 0.1) is 17.7 Å². The van der Waals surface area contributed by atoms with Gasteiger partial charge >= 0.3 is 5.97 Å². The van der Waals surface area contributed by atoms with Crippen LogP contribution < -0.4 is 0 Å². The lowest BCUT2D eigenvalue weighted by molar-refractivity contribution is 0.0290. The summed E-state index contributed by atoms with van der Waals surface area (Å²) in [4.78, 5) is 10.8. The fourth-order valence-electron chi connectivity index (χ4n) is 2.44. The van der Waals surface area contributed by atoms with Crippen molar-refractivity contribution in [3.05, 3.63) is 24.0 Å². The highest BCUT2D eigenvalue weighted by atomic mass is 16.5. The molecule has 2 rings (SSSR count). The molecule has 1 aromatic rings. The Bertz CT molecular complexity index is 372. The minimum Gasteiger partial charge on any atom is -0.478 e. The molecule has 0 bridgehead atoms. The Labute approximate surface area is 94.8 Å². The molecule has 16 heavy (non-hydrogen) atoms. The predicted octanol–water partition coefficient (Wildman–Crippen LogP) is 2.32. The molecule has 88 valence electrons. The number of carboxylic acids is 1. The number of carboxylic acid groups (broad SMARTS) is 1. The molecular formula is C12H17NO3. The van der Waals surface area contributed by atoms with Crippen molar-refractivity contribution in [2.24, 2.45) is 0 Å². The van der Waals surface area contributed by atoms with E-state index in [0.717, 1.165) is 12.8 Å². The molecule has 1 heterocycles. The first-order chi connectivity index (χ1) is 7.72. The summed E-state index contributed by atoms with van der Waals surface area (Å²) in [7, 11) is 1.73. The standard InChI is InChI=1S/C12H17NO3/c1-16-11-5-3-2-4-10(11)13-7-6-9(8-13)12(14)15/h6-8,10-11H,2-5H2,1H3,(H,14,15)/t10-,11-/m1/s1. The third kappa shape index (κ3) is 2.11. The van der Waals surface area contributed by atoms with Gasteiger partial charge in [-0.1, -0.05) is 12.8 Å². The van der Waals surface area contributed by atoms with Gasteiger partial charge in [0.15, 0.2) is 0 Å². The van der Waals surface area contributed by atoms with Gasteiger partial charge < -0.3 is 14.4 Å². The van der Waals surface area contributed by atoms with E-state index in [0.29, 0.717) is 5.56 Å². The summed E-state index contributed by atoms with van der Waals surface area (Å²) in [6.07, 6.45) is 8.25. The monoisotopic (exact) mass is 223 g/mol. The maximum atomic E-state index is 10.8. The maximum absolute atomic E-state index is 10.8. The molecule has 0 aliphatic heterocycles. The second-order valence-electron chi connectivity index (χ2n) is 4.28. The van der Waals surface area contributed by atoms with E-state index in [9.17, 15) is 4.79 Å². The Kier molecular flexibility index (Phi) is 3.29. The van der Waals surface area contributed by atoms with Crippen LogP contribution in [0.5, 0.6) is 0 Å². The average molecular weight is 223 g/mol. The topological polar surface area (TPSA) is 51.5 Å². The number of carbonyl (C=O) groups is 1. The van der Waals surface area contributed by atoms with Gasteiger partial charge in [-0.25, -0.2) is 4.79 Å². The average Bonchev–Trinajstić information content (AvgIpc) is 2.78. The van der Waals surface area contributed by atoms with Crippen molar-refractivity contribution in [3.8, 4) is 0 Å². The minimum atomic E-state index is -0.872. The van der Waals surface area contributed by atoms with Crippen LogP contribution in [0, 0.1) is 0 Å². The largest absolute Gasteiger partial charge is 0.478 e. The Morgan fingerprint density at radius 3 is 2.88 bits per heavy atom. The number of aromatic carboxylic acids is 1. The van der Waals surface area contributed by atoms with Gasteiger partial charge in [0.2, 0.25) is 0 Å². The SMILES string of the molecule is CO[C@@H]1CCCC[C@H]1n1ccc(C(=O)O)c1. The Balaban J connectivity index is 2.17. The molecule has 0 radical (unpaired) electrons. The van der Waals surface area contributed by atoms with Crippen LogP contribution in [0.3, 0.4) is 0 Å². The third-order valence-electron chi connectivity index (χ3n) is 3.31. The molecule has 1 saturated carbocycles. The number of rotatable bonds is 3. The highest BCUT2D eigenvalue weighted by Crippen LogP contribution is 2.30. The van der Waals surface area contributed by atoms with Gasteiger partial charge in [-0.3, -0.25) is 0 Å². The van der Waals surface area contributed by atoms with Crippen LogP contribution in [0.2, 0.25) is 0 Å². The smallest absolute Gasteiger partial charge is 0.337 e. The van der Waals surface area contributed by atoms with E-state index >= 15 is 0 Å². The summed E-state index contributed by atoms with van der Waals surface area (Å²) in [6.45, 7) is 0. The fourth-order valence-corrected chi connectivity index (χ4v) is 2.44. The van der Waals surface area contributed by atoms with Gasteiger partial charge in [0.25, 0.3) is 0 Å². The Hall–Kier alpha value is -1.29. The van der Waals surface area contributed by atoms with Crippen LogP contribution in [0.25, 0.3) is 0 Å². The Morgan fingerprint density at radius 1 is 1.50 bits per heavy atom. The highest BCUT2D eigenvalue weighted by Gasteiger charge is 2.26. The van der Waals surface area contributed by atoms with Crippen molar-refractivity contribution in [3.63, 3.8) is 0 Å². The number of aromatic nitrogens is 1. The van der Waals surface area contributed by atoms with Crippen molar-refractivity contribution in [1.29, 1.82) is 0 Å². The molecule has 0 aromatic carbocycles. The summed E-state index contributed by atoms with van der Waals surface area (Å²) in [5.41, 5.74) is 0.348. The molecule has 0 saturated heterocycles. The summed E-state index contributed by atoms with van der Waals surface area (Å²) in [5, 5.41) is 8.88. The summed E-state index contributed by atoms with van der Waals surface area (Å²) in [6, 6.07) is 1.93. The fraction of sp³-hybridized carbons (Fsp3) is 0.583. The van der Waals surface area contributed by atoms with E-state index in [1.165, 1.54) is 12.8 Å². The van der Waals surface area contributed by atoms with Gasteiger partial charge in [-0.2, -0.15) is 0 Å². The second kappa shape index (κ2) is 4.70. The zero-order valence-corrected chi connectivity index (χ0v) is 9.43. The molecule has 1 aliphatic rings. The van der Waals surface area contributed by atoms with Crippen LogP contribution in [-0.4, -0.2) is 28.9 Å². The van der Waals surface area contributed by atoms with E-state index in [4.69, 9.17) is 9.84 Å². The van der Waals surface area contributed by atoms with Crippen LogP contribution in [0.4, 0.5) is 0 Å². The van der Waals surface area contributed by atoms with Crippen molar-refractivity contribution in [2.45, 2.75) is 37.8 Å². The number of methoxy groups -OCH3 is 1. The van der Waals surface area contributed by atoms with Crippen molar-refractivity contribution in [1.82, 2.24) is 4.57 Å². The first-order valence-electron chi connectivity index (χ1n) is 5.66. The number of nitrogens with zero attached hydrogens (tertiary/aromatic N) is 1. The molecule has 1 fully saturated rings. The summed E-state index contributed by atoms with van der Waals surface area (Å²) >= 11 is 0. The van der Waals surface area contributed by atoms with Crippen molar-refractivity contribution >= 4 is 5.97 Å². The van der Waals surface area contributed by atoms with E-state index in [-0.39, 0.29) is 12.1 Å². The van der Waals surface area contributed by atoms with E-state index in [1.807, 2.05) is 10.8 Å². The van der Waals surface area contributed by atoms with E-state index in [1.54, 1.807) is 19.4 Å². The number of ether oxygens (including phenoxy) is 1. The maximum Gasteiger partial charge on any atom is 0.337 e. The molecule has 2 atom stereocenters. The molecule has 1 aromatic heterocycles. The zero-order valence-electron chi connectivity index (χ0n) is 9.43. The van der Waals surface area contributed by atoms with Crippen molar-refractivity contribution in [2.75, 3.05) is 7.11 Å². The quantitative estimate of drug-likeness (QED) is 0.855. The molecule has 0 unspecified atom stereocenters. The number of hydrogen-bond acceptors (Lipinski definition) is 2. The lowest BCUT2D eigenvalue weighted by Crippen LogP contribution is -2.28. The lowest BCUT2D eigenvalue weighted by Gasteiger charge is -2.31. The molecule has 1 N–H and O–H groups in total. The normalized spacial score (nSPS) is 25.6. The predicted molar refractivity (Wildman–Crippen MR) is 59.7 cm³/mol. The van der Waals surface area contributed by atoms with Gasteiger partial charge in [0.1, 0.15) is 0 Å². The Morgan fingerprint density at radius 2 is 2.25 bits per heavy atom. The van der Waals surface area contributed by atoms with Gasteiger partial charge in [-0.15, -0.1) is 0 Å². The second-order valence-corrected chi connectivity index (χ2v) is 4.28. The first-order valence-corrected chi connectivity index (χ1v) is 5.66. The van der Waals surface area contributed by atoms with E-state index in [2.05, 4.69) is 0 Å².